The molecule has 10 heteroatoms. The molecule has 0 aliphatic carbocycles. The minimum Gasteiger partial charge on any atom is -0.493 e. The average molecular weight is 412 g/mol. The summed E-state index contributed by atoms with van der Waals surface area (Å²) in [6.45, 7) is 2.41. The molecule has 0 fully saturated rings. The molecule has 1 heterocycles. The molecule has 0 atom stereocenters. The Bertz CT molecular complexity index is 1120. The molecule has 1 aromatic heterocycles. The fourth-order valence-electron chi connectivity index (χ4n) is 2.78. The molecule has 0 aliphatic heterocycles. The van der Waals surface area contributed by atoms with Gasteiger partial charge in [-0.05, 0) is 37.3 Å². The van der Waals surface area contributed by atoms with Crippen LogP contribution in [0.5, 0.6) is 5.75 Å². The quantitative estimate of drug-likeness (QED) is 0.274. The van der Waals surface area contributed by atoms with Crippen molar-refractivity contribution >= 4 is 29.8 Å². The minimum atomic E-state index is -0.417. The predicted octanol–water partition coefficient (Wildman–Crippen LogP) is 3.86. The number of nitro groups is 1. The maximum Gasteiger partial charge on any atom is 0.293 e. The summed E-state index contributed by atoms with van der Waals surface area (Å²) in [5, 5.41) is 22.8. The zero-order chi connectivity index (χ0) is 21.0. The first-order valence-electron chi connectivity index (χ1n) is 8.82. The lowest BCUT2D eigenvalue weighted by molar-refractivity contribution is -0.384. The van der Waals surface area contributed by atoms with Gasteiger partial charge >= 0.3 is 0 Å². The van der Waals surface area contributed by atoms with Crippen LogP contribution in [0.1, 0.15) is 12.5 Å². The number of nitro benzene ring substituents is 1. The molecule has 0 radical (unpaired) electrons. The first-order chi connectivity index (χ1) is 13.9. The van der Waals surface area contributed by atoms with Crippen molar-refractivity contribution < 1.29 is 9.66 Å². The number of para-hydroxylation sites is 1. The van der Waals surface area contributed by atoms with E-state index in [4.69, 9.17) is 17.0 Å². The lowest BCUT2D eigenvalue weighted by Crippen LogP contribution is -2.11. The minimum absolute atomic E-state index is 0.00310. The number of rotatable bonds is 7. The molecule has 0 bridgehead atoms. The van der Waals surface area contributed by atoms with Gasteiger partial charge in [0, 0.05) is 25.7 Å². The third kappa shape index (κ3) is 4.32. The highest BCUT2D eigenvalue weighted by atomic mass is 32.1. The normalized spacial score (nSPS) is 11.0. The summed E-state index contributed by atoms with van der Waals surface area (Å²) in [6, 6.07) is 12.3. The molecule has 150 valence electrons. The van der Waals surface area contributed by atoms with E-state index in [1.165, 1.54) is 17.0 Å². The van der Waals surface area contributed by atoms with Gasteiger partial charge in [-0.2, -0.15) is 14.9 Å². The van der Waals surface area contributed by atoms with E-state index >= 15 is 0 Å². The van der Waals surface area contributed by atoms with Crippen LogP contribution in [0.3, 0.4) is 0 Å². The molecular formula is C19H20N6O3S. The van der Waals surface area contributed by atoms with E-state index in [0.29, 0.717) is 34.2 Å². The van der Waals surface area contributed by atoms with Crippen LogP contribution in [-0.4, -0.2) is 46.7 Å². The largest absolute Gasteiger partial charge is 0.493 e. The molecule has 0 aliphatic rings. The van der Waals surface area contributed by atoms with Crippen LogP contribution >= 0.6 is 12.2 Å². The Morgan fingerprint density at radius 1 is 1.34 bits per heavy atom. The van der Waals surface area contributed by atoms with E-state index in [-0.39, 0.29) is 5.69 Å². The van der Waals surface area contributed by atoms with E-state index in [9.17, 15) is 10.1 Å². The van der Waals surface area contributed by atoms with Crippen molar-refractivity contribution in [1.29, 1.82) is 0 Å². The molecule has 3 rings (SSSR count). The highest BCUT2D eigenvalue weighted by molar-refractivity contribution is 7.71. The van der Waals surface area contributed by atoms with Gasteiger partial charge in [-0.15, -0.1) is 0 Å². The van der Waals surface area contributed by atoms with Gasteiger partial charge in [0.25, 0.3) is 5.69 Å². The van der Waals surface area contributed by atoms with E-state index in [1.54, 1.807) is 31.1 Å². The standard InChI is InChI=1S/C19H20N6O3S/c1-4-28-17-8-6-5-7-14(17)18-21-22-19(29)24(18)20-12-13-9-10-15(23(2)3)16(11-13)25(26)27/h5-12H,4H2,1-3H3,(H,22,29)/b20-12-. The zero-order valence-electron chi connectivity index (χ0n) is 16.2. The van der Waals surface area contributed by atoms with Gasteiger partial charge < -0.3 is 9.64 Å². The van der Waals surface area contributed by atoms with Crippen molar-refractivity contribution in [2.75, 3.05) is 25.6 Å². The Hall–Kier alpha value is -3.53. The van der Waals surface area contributed by atoms with E-state index < -0.39 is 4.92 Å². The van der Waals surface area contributed by atoms with Crippen molar-refractivity contribution in [3.8, 4) is 17.1 Å². The maximum absolute atomic E-state index is 11.4. The fraction of sp³-hybridized carbons (Fsp3) is 0.211. The Kier molecular flexibility index (Phi) is 6.03. The fourth-order valence-corrected chi connectivity index (χ4v) is 2.95. The third-order valence-corrected chi connectivity index (χ3v) is 4.34. The smallest absolute Gasteiger partial charge is 0.293 e. The zero-order valence-corrected chi connectivity index (χ0v) is 17.0. The number of aromatic amines is 1. The molecule has 1 N–H and O–H groups in total. The van der Waals surface area contributed by atoms with Crippen LogP contribution in [0, 0.1) is 14.9 Å². The summed E-state index contributed by atoms with van der Waals surface area (Å²) < 4.78 is 7.41. The summed E-state index contributed by atoms with van der Waals surface area (Å²) in [7, 11) is 3.51. The number of benzene rings is 2. The molecule has 0 saturated carbocycles. The molecule has 2 aromatic carbocycles. The number of H-pyrrole nitrogens is 1. The van der Waals surface area contributed by atoms with Crippen LogP contribution in [0.15, 0.2) is 47.6 Å². The van der Waals surface area contributed by atoms with Gasteiger partial charge in [0.15, 0.2) is 5.82 Å². The first kappa shape index (κ1) is 20.2. The molecule has 3 aromatic rings. The monoisotopic (exact) mass is 412 g/mol. The number of ether oxygens (including phenoxy) is 1. The second-order valence-corrected chi connectivity index (χ2v) is 6.62. The van der Waals surface area contributed by atoms with Crippen LogP contribution in [-0.2, 0) is 0 Å². The van der Waals surface area contributed by atoms with Gasteiger partial charge in [-0.3, -0.25) is 10.1 Å². The Labute approximate surface area is 172 Å². The number of aromatic nitrogens is 3. The SMILES string of the molecule is CCOc1ccccc1-c1n[nH]c(=S)n1/N=C\c1ccc(N(C)C)c([N+](=O)[O-])c1. The molecule has 9 nitrogen and oxygen atoms in total. The molecule has 0 spiro atoms. The Balaban J connectivity index is 2.02. The highest BCUT2D eigenvalue weighted by Crippen LogP contribution is 2.29. The Morgan fingerprint density at radius 3 is 2.79 bits per heavy atom. The average Bonchev–Trinajstić information content (AvgIpc) is 3.07. The topological polar surface area (TPSA) is 102 Å². The summed E-state index contributed by atoms with van der Waals surface area (Å²) in [6.07, 6.45) is 1.50. The van der Waals surface area contributed by atoms with Crippen molar-refractivity contribution in [1.82, 2.24) is 14.9 Å². The molecule has 29 heavy (non-hydrogen) atoms. The van der Waals surface area contributed by atoms with Crippen LogP contribution in [0.25, 0.3) is 11.4 Å². The van der Waals surface area contributed by atoms with Crippen molar-refractivity contribution in [3.63, 3.8) is 0 Å². The van der Waals surface area contributed by atoms with Crippen LogP contribution in [0.4, 0.5) is 11.4 Å². The van der Waals surface area contributed by atoms with E-state index in [0.717, 1.165) is 5.56 Å². The van der Waals surface area contributed by atoms with Crippen molar-refractivity contribution in [2.24, 2.45) is 5.10 Å². The number of anilines is 1. The maximum atomic E-state index is 11.4. The van der Waals surface area contributed by atoms with Crippen LogP contribution < -0.4 is 9.64 Å². The van der Waals surface area contributed by atoms with Crippen LogP contribution in [0.2, 0.25) is 0 Å². The molecule has 0 saturated heterocycles. The first-order valence-corrected chi connectivity index (χ1v) is 9.23. The summed E-state index contributed by atoms with van der Waals surface area (Å²) in [4.78, 5) is 12.7. The van der Waals surface area contributed by atoms with E-state index in [1.807, 2.05) is 31.2 Å². The summed E-state index contributed by atoms with van der Waals surface area (Å²) in [5.74, 6) is 1.14. The van der Waals surface area contributed by atoms with E-state index in [2.05, 4.69) is 15.3 Å². The third-order valence-electron chi connectivity index (χ3n) is 4.08. The number of nitrogens with one attached hydrogen (secondary N) is 1. The molecule has 0 amide bonds. The summed E-state index contributed by atoms with van der Waals surface area (Å²) >= 11 is 5.29. The van der Waals surface area contributed by atoms with Gasteiger partial charge in [0.05, 0.1) is 23.3 Å². The number of hydrogen-bond donors (Lipinski definition) is 1. The van der Waals surface area contributed by atoms with Gasteiger partial charge in [0.2, 0.25) is 4.77 Å². The second kappa shape index (κ2) is 8.65. The van der Waals surface area contributed by atoms with Gasteiger partial charge in [-0.1, -0.05) is 18.2 Å². The summed E-state index contributed by atoms with van der Waals surface area (Å²) in [5.41, 5.74) is 1.80. The van der Waals surface area contributed by atoms with Crippen molar-refractivity contribution in [2.45, 2.75) is 6.92 Å². The highest BCUT2D eigenvalue weighted by Gasteiger charge is 2.16. The number of nitrogens with zero attached hydrogens (tertiary/aromatic N) is 5. The Morgan fingerprint density at radius 2 is 2.10 bits per heavy atom. The lowest BCUT2D eigenvalue weighted by atomic mass is 10.2. The van der Waals surface area contributed by atoms with Gasteiger partial charge in [0.1, 0.15) is 11.4 Å². The number of hydrogen-bond acceptors (Lipinski definition) is 7. The van der Waals surface area contributed by atoms with Gasteiger partial charge in [-0.25, -0.2) is 5.10 Å². The predicted molar refractivity (Wildman–Crippen MR) is 114 cm³/mol. The lowest BCUT2D eigenvalue weighted by Gasteiger charge is -2.12. The molecule has 0 unspecified atom stereocenters. The second-order valence-electron chi connectivity index (χ2n) is 6.24. The van der Waals surface area contributed by atoms with Crippen molar-refractivity contribution in [3.05, 3.63) is 62.9 Å². The molecular weight excluding hydrogens is 392 g/mol.